The third kappa shape index (κ3) is 5.01. The molecule has 1 aromatic heterocycles. The van der Waals surface area contributed by atoms with Gasteiger partial charge >= 0.3 is 5.97 Å². The van der Waals surface area contributed by atoms with Gasteiger partial charge in [-0.05, 0) is 67.9 Å². The number of hydrogen-bond acceptors (Lipinski definition) is 7. The van der Waals surface area contributed by atoms with E-state index in [0.29, 0.717) is 23.5 Å². The Morgan fingerprint density at radius 1 is 1.03 bits per heavy atom. The zero-order valence-electron chi connectivity index (χ0n) is 16.4. The van der Waals surface area contributed by atoms with Crippen LogP contribution < -0.4 is 20.5 Å². The molecular weight excluding hydrogens is 403 g/mol. The molecule has 3 aromatic rings. The monoisotopic (exact) mass is 422 g/mol. The minimum absolute atomic E-state index is 0.0517. The molecule has 1 atom stereocenters. The summed E-state index contributed by atoms with van der Waals surface area (Å²) < 4.78 is 24.0. The van der Waals surface area contributed by atoms with E-state index in [1.165, 1.54) is 30.3 Å². The molecule has 1 amide bonds. The summed E-state index contributed by atoms with van der Waals surface area (Å²) in [5.41, 5.74) is 5.86. The second kappa shape index (κ2) is 8.88. The highest BCUT2D eigenvalue weighted by molar-refractivity contribution is 5.91. The van der Waals surface area contributed by atoms with Crippen LogP contribution in [0.2, 0.25) is 0 Å². The highest BCUT2D eigenvalue weighted by Crippen LogP contribution is 2.26. The molecule has 31 heavy (non-hydrogen) atoms. The van der Waals surface area contributed by atoms with Gasteiger partial charge in [0.15, 0.2) is 5.82 Å². The summed E-state index contributed by atoms with van der Waals surface area (Å²) in [7, 11) is 0. The number of esters is 1. The van der Waals surface area contributed by atoms with Gasteiger partial charge in [0, 0.05) is 11.6 Å². The van der Waals surface area contributed by atoms with Crippen LogP contribution in [0.5, 0.6) is 17.4 Å². The zero-order valence-corrected chi connectivity index (χ0v) is 16.4. The van der Waals surface area contributed by atoms with Gasteiger partial charge < -0.3 is 20.5 Å². The van der Waals surface area contributed by atoms with Gasteiger partial charge in [0.05, 0.1) is 0 Å². The predicted octanol–water partition coefficient (Wildman–Crippen LogP) is 2.83. The maximum atomic E-state index is 13.0. The lowest BCUT2D eigenvalue weighted by Crippen LogP contribution is -2.34. The first-order valence-electron chi connectivity index (χ1n) is 9.66. The number of primary amides is 1. The van der Waals surface area contributed by atoms with Crippen molar-refractivity contribution in [1.82, 2.24) is 15.3 Å². The topological polar surface area (TPSA) is 116 Å². The van der Waals surface area contributed by atoms with Crippen LogP contribution in [0, 0.1) is 5.82 Å². The van der Waals surface area contributed by atoms with Gasteiger partial charge in [0.25, 0.3) is 5.91 Å². The van der Waals surface area contributed by atoms with Crippen LogP contribution in [0.25, 0.3) is 11.4 Å². The highest BCUT2D eigenvalue weighted by atomic mass is 19.1. The Kier molecular flexibility index (Phi) is 5.85. The summed E-state index contributed by atoms with van der Waals surface area (Å²) in [6.07, 6.45) is 1.56. The Hall–Kier alpha value is -3.85. The molecule has 0 aliphatic carbocycles. The molecule has 2 aromatic carbocycles. The molecule has 3 N–H and O–H groups in total. The number of nitrogens with two attached hydrogens (primary N) is 1. The van der Waals surface area contributed by atoms with E-state index in [1.54, 1.807) is 24.3 Å². The SMILES string of the molecule is NC(=O)c1cc(OC(=O)C2CCCN2)nc(-c2ccc(Oc3ccc(F)cc3)cc2)n1. The molecule has 0 spiro atoms. The molecular formula is C22H19FN4O4. The van der Waals surface area contributed by atoms with Crippen LogP contribution in [0.3, 0.4) is 0 Å². The summed E-state index contributed by atoms with van der Waals surface area (Å²) in [5, 5.41) is 3.05. The molecule has 158 valence electrons. The van der Waals surface area contributed by atoms with Gasteiger partial charge in [-0.15, -0.1) is 0 Å². The van der Waals surface area contributed by atoms with E-state index < -0.39 is 17.9 Å². The molecule has 0 bridgehead atoms. The van der Waals surface area contributed by atoms with Gasteiger partial charge in [-0.1, -0.05) is 0 Å². The van der Waals surface area contributed by atoms with Crippen LogP contribution in [0.1, 0.15) is 23.3 Å². The Morgan fingerprint density at radius 3 is 2.32 bits per heavy atom. The Morgan fingerprint density at radius 2 is 1.71 bits per heavy atom. The van der Waals surface area contributed by atoms with E-state index in [0.717, 1.165) is 13.0 Å². The molecule has 4 rings (SSSR count). The molecule has 1 aliphatic rings. The number of ether oxygens (including phenoxy) is 2. The number of carbonyl (C=O) groups is 2. The molecule has 8 nitrogen and oxygen atoms in total. The Balaban J connectivity index is 1.55. The van der Waals surface area contributed by atoms with Crippen LogP contribution in [0.4, 0.5) is 4.39 Å². The summed E-state index contributed by atoms with van der Waals surface area (Å²) in [6, 6.07) is 13.2. The molecule has 1 fully saturated rings. The standard InChI is InChI=1S/C22H19FN4O4/c23-14-5-9-16(10-6-14)30-15-7-3-13(4-8-15)21-26-18(20(24)28)12-19(27-21)31-22(29)17-2-1-11-25-17/h3-10,12,17,25H,1-2,11H2,(H2,24,28). The summed E-state index contributed by atoms with van der Waals surface area (Å²) >= 11 is 0. The van der Waals surface area contributed by atoms with Crippen LogP contribution >= 0.6 is 0 Å². The van der Waals surface area contributed by atoms with Crippen molar-refractivity contribution in [3.05, 3.63) is 66.1 Å². The number of halogens is 1. The van der Waals surface area contributed by atoms with Crippen molar-refractivity contribution in [2.75, 3.05) is 6.54 Å². The smallest absolute Gasteiger partial charge is 0.329 e. The second-order valence-electron chi connectivity index (χ2n) is 6.93. The molecule has 9 heteroatoms. The van der Waals surface area contributed by atoms with Crippen molar-refractivity contribution < 1.29 is 23.5 Å². The van der Waals surface area contributed by atoms with Gasteiger partial charge in [-0.3, -0.25) is 4.79 Å². The zero-order chi connectivity index (χ0) is 21.8. The Bertz CT molecular complexity index is 1100. The van der Waals surface area contributed by atoms with E-state index >= 15 is 0 Å². The minimum Gasteiger partial charge on any atom is -0.457 e. The lowest BCUT2D eigenvalue weighted by Gasteiger charge is -2.11. The number of aromatic nitrogens is 2. The van der Waals surface area contributed by atoms with Gasteiger partial charge in [0.1, 0.15) is 29.1 Å². The maximum Gasteiger partial charge on any atom is 0.329 e. The third-order valence-electron chi connectivity index (χ3n) is 4.67. The minimum atomic E-state index is -0.767. The number of nitrogens with one attached hydrogen (secondary N) is 1. The molecule has 1 aliphatic heterocycles. The lowest BCUT2D eigenvalue weighted by atomic mass is 10.2. The second-order valence-corrected chi connectivity index (χ2v) is 6.93. The van der Waals surface area contributed by atoms with Gasteiger partial charge in [-0.2, -0.15) is 4.98 Å². The van der Waals surface area contributed by atoms with Crippen LogP contribution in [0.15, 0.2) is 54.6 Å². The molecule has 0 saturated carbocycles. The van der Waals surface area contributed by atoms with E-state index in [2.05, 4.69) is 15.3 Å². The fourth-order valence-electron chi connectivity index (χ4n) is 3.10. The lowest BCUT2D eigenvalue weighted by molar-refractivity contribution is -0.136. The number of nitrogens with zero attached hydrogens (tertiary/aromatic N) is 2. The average Bonchev–Trinajstić information content (AvgIpc) is 3.31. The van der Waals surface area contributed by atoms with E-state index in [-0.39, 0.29) is 23.2 Å². The highest BCUT2D eigenvalue weighted by Gasteiger charge is 2.25. The fourth-order valence-corrected chi connectivity index (χ4v) is 3.10. The number of carbonyl (C=O) groups excluding carboxylic acids is 2. The van der Waals surface area contributed by atoms with Gasteiger partial charge in [0.2, 0.25) is 5.88 Å². The number of rotatable bonds is 6. The predicted molar refractivity (Wildman–Crippen MR) is 109 cm³/mol. The molecule has 0 radical (unpaired) electrons. The maximum absolute atomic E-state index is 13.0. The average molecular weight is 422 g/mol. The van der Waals surface area contributed by atoms with Crippen molar-refractivity contribution in [2.45, 2.75) is 18.9 Å². The van der Waals surface area contributed by atoms with Crippen molar-refractivity contribution in [1.29, 1.82) is 0 Å². The summed E-state index contributed by atoms with van der Waals surface area (Å²) in [6.45, 7) is 0.744. The largest absolute Gasteiger partial charge is 0.457 e. The van der Waals surface area contributed by atoms with Crippen molar-refractivity contribution in [3.63, 3.8) is 0 Å². The number of benzene rings is 2. The quantitative estimate of drug-likeness (QED) is 0.587. The van der Waals surface area contributed by atoms with Crippen LogP contribution in [-0.4, -0.2) is 34.4 Å². The van der Waals surface area contributed by atoms with E-state index in [1.807, 2.05) is 0 Å². The van der Waals surface area contributed by atoms with E-state index in [9.17, 15) is 14.0 Å². The fraction of sp³-hybridized carbons (Fsp3) is 0.182. The van der Waals surface area contributed by atoms with Crippen molar-refractivity contribution >= 4 is 11.9 Å². The first-order chi connectivity index (χ1) is 15.0. The van der Waals surface area contributed by atoms with E-state index in [4.69, 9.17) is 15.2 Å². The summed E-state index contributed by atoms with van der Waals surface area (Å²) in [5.74, 6) is -0.474. The Labute approximate surface area is 177 Å². The van der Waals surface area contributed by atoms with Gasteiger partial charge in [-0.25, -0.2) is 14.2 Å². The van der Waals surface area contributed by atoms with Crippen molar-refractivity contribution in [3.8, 4) is 28.8 Å². The number of amides is 1. The van der Waals surface area contributed by atoms with Crippen molar-refractivity contribution in [2.24, 2.45) is 5.73 Å². The summed E-state index contributed by atoms with van der Waals surface area (Å²) in [4.78, 5) is 32.4. The normalized spacial score (nSPS) is 15.5. The molecule has 2 heterocycles. The third-order valence-corrected chi connectivity index (χ3v) is 4.67. The first-order valence-corrected chi connectivity index (χ1v) is 9.66. The number of hydrogen-bond donors (Lipinski definition) is 2. The molecule has 1 saturated heterocycles. The molecule has 1 unspecified atom stereocenters. The van der Waals surface area contributed by atoms with Crippen LogP contribution in [-0.2, 0) is 4.79 Å². The first kappa shape index (κ1) is 20.4.